The predicted octanol–water partition coefficient (Wildman–Crippen LogP) is 4.76. The number of ketones is 1. The van der Waals surface area contributed by atoms with E-state index in [9.17, 15) is 14.0 Å². The largest absolute Gasteiger partial charge is 0.301 e. The Kier molecular flexibility index (Phi) is 5.41. The van der Waals surface area contributed by atoms with E-state index in [-0.39, 0.29) is 17.2 Å². The number of hydrogen-bond acceptors (Lipinski definition) is 5. The number of nitrogens with one attached hydrogen (secondary N) is 1. The molecule has 0 amide bonds. The molecule has 4 rings (SSSR count). The van der Waals surface area contributed by atoms with Crippen LogP contribution in [0.3, 0.4) is 0 Å². The highest BCUT2D eigenvalue weighted by Crippen LogP contribution is 2.34. The molecule has 0 saturated heterocycles. The molecule has 27 heavy (non-hydrogen) atoms. The lowest BCUT2D eigenvalue weighted by Gasteiger charge is -2.09. The van der Waals surface area contributed by atoms with E-state index >= 15 is 0 Å². The van der Waals surface area contributed by atoms with E-state index in [1.54, 1.807) is 11.3 Å². The fraction of sp³-hybridized carbons (Fsp3) is 0.350. The van der Waals surface area contributed by atoms with Crippen LogP contribution < -0.4 is 5.56 Å². The number of carbonyl (C=O) groups excluding carboxylic acids is 1. The van der Waals surface area contributed by atoms with Gasteiger partial charge in [-0.25, -0.2) is 9.37 Å². The predicted molar refractivity (Wildman–Crippen MR) is 108 cm³/mol. The molecule has 0 spiro atoms. The molecule has 2 heterocycles. The standard InChI is InChI=1S/C20H19FN2O2S2/c21-13-9-7-12(8-10-13)15(24)5-3-11-26-20-22-18(25)17-14-4-1-2-6-16(14)27-19(17)23-20/h7-10H,1-6,11H2,(H,22,23,25). The van der Waals surface area contributed by atoms with Crippen LogP contribution >= 0.6 is 23.1 Å². The third kappa shape index (κ3) is 3.99. The minimum Gasteiger partial charge on any atom is -0.301 e. The molecule has 0 bridgehead atoms. The Morgan fingerprint density at radius 2 is 2.00 bits per heavy atom. The number of rotatable bonds is 6. The summed E-state index contributed by atoms with van der Waals surface area (Å²) in [6.45, 7) is 0. The van der Waals surface area contributed by atoms with Crippen LogP contribution in [0.15, 0.2) is 34.2 Å². The van der Waals surface area contributed by atoms with Crippen molar-refractivity contribution in [3.8, 4) is 0 Å². The molecule has 3 aromatic rings. The first-order valence-electron chi connectivity index (χ1n) is 9.08. The summed E-state index contributed by atoms with van der Waals surface area (Å²) in [5.41, 5.74) is 1.67. The molecule has 1 N–H and O–H groups in total. The summed E-state index contributed by atoms with van der Waals surface area (Å²) in [5, 5.41) is 1.38. The van der Waals surface area contributed by atoms with Crippen LogP contribution in [-0.4, -0.2) is 21.5 Å². The van der Waals surface area contributed by atoms with E-state index in [1.807, 2.05) is 0 Å². The molecule has 0 saturated carbocycles. The quantitative estimate of drug-likeness (QED) is 0.280. The van der Waals surface area contributed by atoms with Crippen molar-refractivity contribution in [1.29, 1.82) is 0 Å². The fourth-order valence-electron chi connectivity index (χ4n) is 3.39. The molecule has 7 heteroatoms. The molecular weight excluding hydrogens is 383 g/mol. The van der Waals surface area contributed by atoms with E-state index in [4.69, 9.17) is 0 Å². The number of nitrogens with zero attached hydrogens (tertiary/aromatic N) is 1. The molecule has 0 atom stereocenters. The van der Waals surface area contributed by atoms with Crippen LogP contribution in [-0.2, 0) is 12.8 Å². The third-order valence-corrected chi connectivity index (χ3v) is 6.90. The van der Waals surface area contributed by atoms with Crippen LogP contribution in [0.25, 0.3) is 10.2 Å². The van der Waals surface area contributed by atoms with Crippen molar-refractivity contribution in [2.45, 2.75) is 43.7 Å². The number of halogens is 1. The highest BCUT2D eigenvalue weighted by Gasteiger charge is 2.19. The molecule has 4 nitrogen and oxygen atoms in total. The zero-order valence-electron chi connectivity index (χ0n) is 14.7. The van der Waals surface area contributed by atoms with Gasteiger partial charge in [-0.3, -0.25) is 9.59 Å². The Bertz CT molecular complexity index is 1040. The molecule has 0 unspecified atom stereocenters. The van der Waals surface area contributed by atoms with Crippen molar-refractivity contribution >= 4 is 39.1 Å². The maximum atomic E-state index is 12.9. The lowest BCUT2D eigenvalue weighted by Crippen LogP contribution is -2.11. The molecule has 0 fully saturated rings. The van der Waals surface area contributed by atoms with E-state index in [0.717, 1.165) is 29.5 Å². The number of benzene rings is 1. The lowest BCUT2D eigenvalue weighted by molar-refractivity contribution is 0.0982. The van der Waals surface area contributed by atoms with Crippen molar-refractivity contribution in [3.63, 3.8) is 0 Å². The summed E-state index contributed by atoms with van der Waals surface area (Å²) in [4.78, 5) is 34.3. The molecule has 1 aliphatic carbocycles. The fourth-order valence-corrected chi connectivity index (χ4v) is 5.52. The summed E-state index contributed by atoms with van der Waals surface area (Å²) in [6.07, 6.45) is 5.39. The zero-order valence-corrected chi connectivity index (χ0v) is 16.4. The van der Waals surface area contributed by atoms with Crippen LogP contribution in [0, 0.1) is 5.82 Å². The van der Waals surface area contributed by atoms with Crippen molar-refractivity contribution in [3.05, 3.63) is 56.4 Å². The molecule has 0 aliphatic heterocycles. The lowest BCUT2D eigenvalue weighted by atomic mass is 9.97. The highest BCUT2D eigenvalue weighted by atomic mass is 32.2. The Balaban J connectivity index is 1.38. The van der Waals surface area contributed by atoms with Crippen molar-refractivity contribution < 1.29 is 9.18 Å². The van der Waals surface area contributed by atoms with Crippen LogP contribution in [0.5, 0.6) is 0 Å². The van der Waals surface area contributed by atoms with E-state index < -0.39 is 0 Å². The number of thiophene rings is 1. The van der Waals surface area contributed by atoms with Crippen molar-refractivity contribution in [1.82, 2.24) is 9.97 Å². The van der Waals surface area contributed by atoms with E-state index in [1.165, 1.54) is 52.9 Å². The number of aryl methyl sites for hydroxylation is 2. The first-order chi connectivity index (χ1) is 13.1. The Hall–Kier alpha value is -1.99. The molecule has 140 valence electrons. The zero-order chi connectivity index (χ0) is 18.8. The number of hydrogen-bond donors (Lipinski definition) is 1. The van der Waals surface area contributed by atoms with Gasteiger partial charge in [0.15, 0.2) is 10.9 Å². The van der Waals surface area contributed by atoms with Crippen molar-refractivity contribution in [2.75, 3.05) is 5.75 Å². The van der Waals surface area contributed by atoms with Gasteiger partial charge in [-0.2, -0.15) is 0 Å². The second kappa shape index (κ2) is 7.94. The van der Waals surface area contributed by atoms with Gasteiger partial charge < -0.3 is 4.98 Å². The monoisotopic (exact) mass is 402 g/mol. The summed E-state index contributed by atoms with van der Waals surface area (Å²) in [6, 6.07) is 5.62. The van der Waals surface area contributed by atoms with Crippen LogP contribution in [0.4, 0.5) is 4.39 Å². The van der Waals surface area contributed by atoms with Gasteiger partial charge in [0.05, 0.1) is 5.39 Å². The van der Waals surface area contributed by atoms with Gasteiger partial charge in [0, 0.05) is 22.6 Å². The average Bonchev–Trinajstić information content (AvgIpc) is 3.04. The number of carbonyl (C=O) groups is 1. The second-order valence-electron chi connectivity index (χ2n) is 6.64. The maximum Gasteiger partial charge on any atom is 0.260 e. The molecular formula is C20H19FN2O2S2. The van der Waals surface area contributed by atoms with Gasteiger partial charge in [0.2, 0.25) is 0 Å². The number of Topliss-reactive ketones (excluding diaryl/α,β-unsaturated/α-hetero) is 1. The van der Waals surface area contributed by atoms with E-state index in [0.29, 0.717) is 29.3 Å². The first-order valence-corrected chi connectivity index (χ1v) is 10.9. The third-order valence-electron chi connectivity index (χ3n) is 4.76. The molecule has 2 aromatic heterocycles. The number of fused-ring (bicyclic) bond motifs is 3. The SMILES string of the molecule is O=C(CCCSc1nc2sc3c(c2c(=O)[nH]1)CCCC3)c1ccc(F)cc1. The van der Waals surface area contributed by atoms with Gasteiger partial charge in [-0.15, -0.1) is 11.3 Å². The Labute approximate surface area is 164 Å². The Morgan fingerprint density at radius 1 is 1.22 bits per heavy atom. The van der Waals surface area contributed by atoms with Gasteiger partial charge in [0.25, 0.3) is 5.56 Å². The topological polar surface area (TPSA) is 62.8 Å². The summed E-state index contributed by atoms with van der Waals surface area (Å²) in [7, 11) is 0. The normalized spacial score (nSPS) is 13.7. The van der Waals surface area contributed by atoms with Gasteiger partial charge >= 0.3 is 0 Å². The smallest absolute Gasteiger partial charge is 0.260 e. The minimum absolute atomic E-state index is 0.00145. The van der Waals surface area contributed by atoms with Gasteiger partial charge in [0.1, 0.15) is 10.6 Å². The summed E-state index contributed by atoms with van der Waals surface area (Å²) < 4.78 is 12.9. The van der Waals surface area contributed by atoms with Crippen molar-refractivity contribution in [2.24, 2.45) is 0 Å². The summed E-state index contributed by atoms with van der Waals surface area (Å²) >= 11 is 3.10. The van der Waals surface area contributed by atoms with Gasteiger partial charge in [-0.05, 0) is 61.9 Å². The van der Waals surface area contributed by atoms with Gasteiger partial charge in [-0.1, -0.05) is 11.8 Å². The second-order valence-corrected chi connectivity index (χ2v) is 8.81. The molecule has 0 radical (unpaired) electrons. The number of H-pyrrole nitrogens is 1. The minimum atomic E-state index is -0.345. The summed E-state index contributed by atoms with van der Waals surface area (Å²) in [5.74, 6) is 0.341. The van der Waals surface area contributed by atoms with Crippen LogP contribution in [0.1, 0.15) is 46.5 Å². The van der Waals surface area contributed by atoms with E-state index in [2.05, 4.69) is 9.97 Å². The molecule has 1 aliphatic rings. The Morgan fingerprint density at radius 3 is 2.81 bits per heavy atom. The highest BCUT2D eigenvalue weighted by molar-refractivity contribution is 7.99. The van der Waals surface area contributed by atoms with Crippen LogP contribution in [0.2, 0.25) is 0 Å². The molecule has 1 aromatic carbocycles. The number of aromatic amines is 1. The number of thioether (sulfide) groups is 1. The number of aromatic nitrogens is 2. The maximum absolute atomic E-state index is 12.9. The first kappa shape index (κ1) is 18.4. The average molecular weight is 403 g/mol.